The van der Waals surface area contributed by atoms with Crippen molar-refractivity contribution in [2.24, 2.45) is 0 Å². The minimum atomic E-state index is -0.499. The Morgan fingerprint density at radius 2 is 1.66 bits per heavy atom. The average Bonchev–Trinajstić information content (AvgIpc) is 2.68. The molecule has 0 spiro atoms. The molecule has 29 heavy (non-hydrogen) atoms. The number of pyridine rings is 1. The zero-order valence-corrected chi connectivity index (χ0v) is 16.6. The summed E-state index contributed by atoms with van der Waals surface area (Å²) in [6.07, 6.45) is 0. The standard InChI is InChI=1S/C22H21F2N3O2/c1-12-10-20(26-18-6-5-15(23)9-13(18)2)16(11-17(12)24)22(28)27-19-7-8-21(29-4)25-14(19)3/h5-11,26H,1-4H3,(H,27,28). The highest BCUT2D eigenvalue weighted by Gasteiger charge is 2.17. The number of halogens is 2. The Kier molecular flexibility index (Phi) is 5.77. The van der Waals surface area contributed by atoms with E-state index < -0.39 is 11.7 Å². The molecular formula is C22H21F2N3O2. The van der Waals surface area contributed by atoms with Gasteiger partial charge in [0.25, 0.3) is 5.91 Å². The summed E-state index contributed by atoms with van der Waals surface area (Å²) < 4.78 is 32.7. The van der Waals surface area contributed by atoms with Gasteiger partial charge in [0, 0.05) is 11.8 Å². The van der Waals surface area contributed by atoms with E-state index in [-0.39, 0.29) is 11.4 Å². The molecule has 1 heterocycles. The Hall–Kier alpha value is -3.48. The molecule has 0 aliphatic carbocycles. The summed E-state index contributed by atoms with van der Waals surface area (Å²) in [4.78, 5) is 17.1. The monoisotopic (exact) mass is 397 g/mol. The molecule has 2 aromatic carbocycles. The van der Waals surface area contributed by atoms with Crippen molar-refractivity contribution < 1.29 is 18.3 Å². The molecule has 1 amide bonds. The Balaban J connectivity index is 1.95. The SMILES string of the molecule is COc1ccc(NC(=O)c2cc(F)c(C)cc2Nc2ccc(F)cc2C)c(C)n1. The quantitative estimate of drug-likeness (QED) is 0.614. The fourth-order valence-corrected chi connectivity index (χ4v) is 2.86. The van der Waals surface area contributed by atoms with Crippen molar-refractivity contribution in [2.45, 2.75) is 20.8 Å². The lowest BCUT2D eigenvalue weighted by molar-refractivity contribution is 0.102. The number of rotatable bonds is 5. The number of hydrogen-bond acceptors (Lipinski definition) is 4. The zero-order chi connectivity index (χ0) is 21.1. The lowest BCUT2D eigenvalue weighted by Gasteiger charge is -2.16. The lowest BCUT2D eigenvalue weighted by atomic mass is 10.1. The maximum Gasteiger partial charge on any atom is 0.257 e. The van der Waals surface area contributed by atoms with Crippen LogP contribution < -0.4 is 15.4 Å². The van der Waals surface area contributed by atoms with E-state index in [0.29, 0.717) is 39.8 Å². The van der Waals surface area contributed by atoms with Gasteiger partial charge in [0.2, 0.25) is 5.88 Å². The van der Waals surface area contributed by atoms with Gasteiger partial charge in [-0.2, -0.15) is 0 Å². The highest BCUT2D eigenvalue weighted by molar-refractivity contribution is 6.08. The number of methoxy groups -OCH3 is 1. The second-order valence-corrected chi connectivity index (χ2v) is 6.67. The van der Waals surface area contributed by atoms with Crippen LogP contribution in [0.3, 0.4) is 0 Å². The van der Waals surface area contributed by atoms with Crippen molar-refractivity contribution in [3.63, 3.8) is 0 Å². The Bertz CT molecular complexity index is 1080. The van der Waals surface area contributed by atoms with Gasteiger partial charge in [-0.1, -0.05) is 0 Å². The fraction of sp³-hybridized carbons (Fsp3) is 0.182. The van der Waals surface area contributed by atoms with Crippen LogP contribution in [0, 0.1) is 32.4 Å². The summed E-state index contributed by atoms with van der Waals surface area (Å²) in [5.41, 5.74) is 3.24. The van der Waals surface area contributed by atoms with Gasteiger partial charge in [-0.25, -0.2) is 13.8 Å². The van der Waals surface area contributed by atoms with E-state index in [9.17, 15) is 13.6 Å². The normalized spacial score (nSPS) is 10.6. The number of anilines is 3. The molecule has 2 N–H and O–H groups in total. The number of aryl methyl sites for hydroxylation is 3. The zero-order valence-electron chi connectivity index (χ0n) is 16.6. The number of carbonyl (C=O) groups excluding carboxylic acids is 1. The Labute approximate surface area is 167 Å². The van der Waals surface area contributed by atoms with Crippen LogP contribution in [-0.2, 0) is 0 Å². The third-order valence-corrected chi connectivity index (χ3v) is 4.52. The molecule has 0 saturated carbocycles. The van der Waals surface area contributed by atoms with E-state index in [1.165, 1.54) is 25.3 Å². The number of nitrogens with zero attached hydrogens (tertiary/aromatic N) is 1. The number of benzene rings is 2. The molecule has 0 radical (unpaired) electrons. The molecule has 0 aliphatic heterocycles. The van der Waals surface area contributed by atoms with Gasteiger partial charge in [-0.15, -0.1) is 0 Å². The first-order valence-electron chi connectivity index (χ1n) is 8.95. The van der Waals surface area contributed by atoms with Gasteiger partial charge in [-0.3, -0.25) is 4.79 Å². The van der Waals surface area contributed by atoms with Crippen molar-refractivity contribution in [1.82, 2.24) is 4.98 Å². The van der Waals surface area contributed by atoms with Gasteiger partial charge in [0.15, 0.2) is 0 Å². The predicted octanol–water partition coefficient (Wildman–Crippen LogP) is 5.29. The number of nitrogens with one attached hydrogen (secondary N) is 2. The molecule has 0 fully saturated rings. The van der Waals surface area contributed by atoms with E-state index >= 15 is 0 Å². The Morgan fingerprint density at radius 1 is 0.931 bits per heavy atom. The van der Waals surface area contributed by atoms with E-state index in [4.69, 9.17) is 4.74 Å². The van der Waals surface area contributed by atoms with Gasteiger partial charge in [0.1, 0.15) is 11.6 Å². The van der Waals surface area contributed by atoms with Crippen molar-refractivity contribution in [1.29, 1.82) is 0 Å². The smallest absolute Gasteiger partial charge is 0.257 e. The molecule has 3 aromatic rings. The van der Waals surface area contributed by atoms with Crippen LogP contribution in [0.15, 0.2) is 42.5 Å². The van der Waals surface area contributed by atoms with E-state index in [0.717, 1.165) is 0 Å². The van der Waals surface area contributed by atoms with Crippen molar-refractivity contribution in [3.8, 4) is 5.88 Å². The Morgan fingerprint density at radius 3 is 2.31 bits per heavy atom. The van der Waals surface area contributed by atoms with Gasteiger partial charge in [-0.05, 0) is 68.3 Å². The predicted molar refractivity (Wildman–Crippen MR) is 109 cm³/mol. The third-order valence-electron chi connectivity index (χ3n) is 4.52. The number of hydrogen-bond donors (Lipinski definition) is 2. The van der Waals surface area contributed by atoms with Gasteiger partial charge in [0.05, 0.1) is 29.7 Å². The highest BCUT2D eigenvalue weighted by atomic mass is 19.1. The summed E-state index contributed by atoms with van der Waals surface area (Å²) in [6.45, 7) is 5.08. The van der Waals surface area contributed by atoms with Crippen molar-refractivity contribution in [2.75, 3.05) is 17.7 Å². The lowest BCUT2D eigenvalue weighted by Crippen LogP contribution is -2.16. The minimum Gasteiger partial charge on any atom is -0.481 e. The largest absolute Gasteiger partial charge is 0.481 e. The van der Waals surface area contributed by atoms with E-state index in [1.807, 2.05) is 0 Å². The maximum absolute atomic E-state index is 14.2. The average molecular weight is 397 g/mol. The van der Waals surface area contributed by atoms with E-state index in [1.54, 1.807) is 45.0 Å². The van der Waals surface area contributed by atoms with Crippen molar-refractivity contribution in [3.05, 3.63) is 76.5 Å². The molecule has 0 bridgehead atoms. The molecule has 7 heteroatoms. The molecule has 0 unspecified atom stereocenters. The van der Waals surface area contributed by atoms with Gasteiger partial charge >= 0.3 is 0 Å². The second-order valence-electron chi connectivity index (χ2n) is 6.67. The first kappa shape index (κ1) is 20.3. The van der Waals surface area contributed by atoms with Crippen LogP contribution in [0.4, 0.5) is 25.8 Å². The minimum absolute atomic E-state index is 0.118. The molecule has 0 saturated heterocycles. The first-order valence-corrected chi connectivity index (χ1v) is 8.95. The highest BCUT2D eigenvalue weighted by Crippen LogP contribution is 2.28. The molecule has 3 rings (SSSR count). The topological polar surface area (TPSA) is 63.2 Å². The molecule has 150 valence electrons. The summed E-state index contributed by atoms with van der Waals surface area (Å²) >= 11 is 0. The number of aromatic nitrogens is 1. The van der Waals surface area contributed by atoms with Crippen LogP contribution in [0.2, 0.25) is 0 Å². The molecule has 5 nitrogen and oxygen atoms in total. The molecule has 0 aliphatic rings. The number of carbonyl (C=O) groups is 1. The number of ether oxygens (including phenoxy) is 1. The second kappa shape index (κ2) is 8.26. The van der Waals surface area contributed by atoms with Crippen LogP contribution in [-0.4, -0.2) is 18.0 Å². The van der Waals surface area contributed by atoms with Gasteiger partial charge < -0.3 is 15.4 Å². The molecule has 1 aromatic heterocycles. The van der Waals surface area contributed by atoms with Crippen LogP contribution in [0.5, 0.6) is 5.88 Å². The molecule has 0 atom stereocenters. The maximum atomic E-state index is 14.2. The van der Waals surface area contributed by atoms with Crippen molar-refractivity contribution >= 4 is 23.0 Å². The third kappa shape index (κ3) is 4.51. The summed E-state index contributed by atoms with van der Waals surface area (Å²) in [5, 5.41) is 5.86. The number of amides is 1. The fourth-order valence-electron chi connectivity index (χ4n) is 2.86. The summed E-state index contributed by atoms with van der Waals surface area (Å²) in [6, 6.07) is 10.3. The van der Waals surface area contributed by atoms with Crippen LogP contribution in [0.25, 0.3) is 0 Å². The van der Waals surface area contributed by atoms with E-state index in [2.05, 4.69) is 15.6 Å². The molecular weight excluding hydrogens is 376 g/mol. The summed E-state index contributed by atoms with van der Waals surface area (Å²) in [5.74, 6) is -0.929. The van der Waals surface area contributed by atoms with Crippen LogP contribution in [0.1, 0.15) is 27.2 Å². The summed E-state index contributed by atoms with van der Waals surface area (Å²) in [7, 11) is 1.50. The van der Waals surface area contributed by atoms with Crippen LogP contribution >= 0.6 is 0 Å². The first-order chi connectivity index (χ1) is 13.8.